The van der Waals surface area contributed by atoms with Crippen LogP contribution in [0, 0.1) is 5.92 Å². The number of hydrogen-bond acceptors (Lipinski definition) is 3. The molecule has 15 heavy (non-hydrogen) atoms. The summed E-state index contributed by atoms with van der Waals surface area (Å²) in [4.78, 5) is 11.1. The first kappa shape index (κ1) is 14.2. The maximum atomic E-state index is 11.1. The van der Waals surface area contributed by atoms with Crippen molar-refractivity contribution in [1.29, 1.82) is 0 Å². The maximum Gasteiger partial charge on any atom is 0.333 e. The second kappa shape index (κ2) is 5.91. The number of esters is 1. The Morgan fingerprint density at radius 2 is 2.07 bits per heavy atom. The third-order valence-corrected chi connectivity index (χ3v) is 2.59. The van der Waals surface area contributed by atoms with Crippen LogP contribution in [-0.4, -0.2) is 18.1 Å². The van der Waals surface area contributed by atoms with Gasteiger partial charge in [-0.25, -0.2) is 4.79 Å². The van der Waals surface area contributed by atoms with Crippen molar-refractivity contribution in [2.75, 3.05) is 6.61 Å². The van der Waals surface area contributed by atoms with Crippen molar-refractivity contribution in [1.82, 2.24) is 0 Å². The Morgan fingerprint density at radius 1 is 1.53 bits per heavy atom. The molecular formula is C12H23NO2. The van der Waals surface area contributed by atoms with Crippen molar-refractivity contribution in [3.63, 3.8) is 0 Å². The van der Waals surface area contributed by atoms with Crippen LogP contribution < -0.4 is 5.73 Å². The predicted octanol–water partition coefficient (Wildman–Crippen LogP) is 2.26. The van der Waals surface area contributed by atoms with Crippen LogP contribution >= 0.6 is 0 Å². The van der Waals surface area contributed by atoms with Crippen LogP contribution in [0.25, 0.3) is 0 Å². The van der Waals surface area contributed by atoms with Gasteiger partial charge in [-0.1, -0.05) is 19.9 Å². The Kier molecular flexibility index (Phi) is 5.58. The van der Waals surface area contributed by atoms with Crippen LogP contribution in [0.5, 0.6) is 0 Å². The Hall–Kier alpha value is -0.830. The zero-order valence-corrected chi connectivity index (χ0v) is 10.3. The second-order valence-corrected chi connectivity index (χ2v) is 4.63. The van der Waals surface area contributed by atoms with Crippen LogP contribution in [0.2, 0.25) is 0 Å². The molecule has 1 unspecified atom stereocenters. The van der Waals surface area contributed by atoms with Crippen molar-refractivity contribution in [3.8, 4) is 0 Å². The molecule has 0 fully saturated rings. The smallest absolute Gasteiger partial charge is 0.333 e. The summed E-state index contributed by atoms with van der Waals surface area (Å²) in [5, 5.41) is 0. The number of hydrogen-bond donors (Lipinski definition) is 1. The summed E-state index contributed by atoms with van der Waals surface area (Å²) >= 11 is 0. The molecule has 3 nitrogen and oxygen atoms in total. The van der Waals surface area contributed by atoms with E-state index in [1.165, 1.54) is 0 Å². The predicted molar refractivity (Wildman–Crippen MR) is 62.4 cm³/mol. The highest BCUT2D eigenvalue weighted by Gasteiger charge is 2.23. The Labute approximate surface area is 92.7 Å². The zero-order chi connectivity index (χ0) is 12.1. The first-order chi connectivity index (χ1) is 6.79. The van der Waals surface area contributed by atoms with Gasteiger partial charge in [-0.05, 0) is 33.1 Å². The van der Waals surface area contributed by atoms with E-state index >= 15 is 0 Å². The van der Waals surface area contributed by atoms with Gasteiger partial charge in [0.1, 0.15) is 0 Å². The van der Waals surface area contributed by atoms with Gasteiger partial charge in [0.25, 0.3) is 0 Å². The van der Waals surface area contributed by atoms with Crippen LogP contribution in [0.1, 0.15) is 40.5 Å². The van der Waals surface area contributed by atoms with Gasteiger partial charge in [-0.3, -0.25) is 0 Å². The minimum absolute atomic E-state index is 0.218. The molecule has 0 spiro atoms. The van der Waals surface area contributed by atoms with Crippen LogP contribution in [0.3, 0.4) is 0 Å². The maximum absolute atomic E-state index is 11.1. The van der Waals surface area contributed by atoms with E-state index in [0.29, 0.717) is 18.1 Å². The third-order valence-electron chi connectivity index (χ3n) is 2.59. The van der Waals surface area contributed by atoms with Gasteiger partial charge in [0, 0.05) is 11.1 Å². The zero-order valence-electron chi connectivity index (χ0n) is 10.3. The molecule has 0 aliphatic rings. The molecule has 88 valence electrons. The molecule has 0 bridgehead atoms. The average molecular weight is 213 g/mol. The molecule has 3 heteroatoms. The molecular weight excluding hydrogens is 190 g/mol. The molecule has 0 saturated heterocycles. The van der Waals surface area contributed by atoms with Crippen molar-refractivity contribution in [3.05, 3.63) is 12.2 Å². The third kappa shape index (κ3) is 5.57. The number of carbonyl (C=O) groups excluding carboxylic acids is 1. The highest BCUT2D eigenvalue weighted by Crippen LogP contribution is 2.21. The Bertz CT molecular complexity index is 228. The molecule has 0 aromatic heterocycles. The molecule has 2 N–H and O–H groups in total. The molecule has 1 atom stereocenters. The van der Waals surface area contributed by atoms with Crippen molar-refractivity contribution < 1.29 is 9.53 Å². The number of rotatable bonds is 6. The van der Waals surface area contributed by atoms with E-state index in [4.69, 9.17) is 10.5 Å². The number of carbonyl (C=O) groups is 1. The standard InChI is InChI=1S/C12H23NO2/c1-6-10(12(4,5)13)7-8-15-11(14)9(2)3/h10H,2,6-8,13H2,1,3-5H3. The van der Waals surface area contributed by atoms with E-state index in [0.717, 1.165) is 12.8 Å². The summed E-state index contributed by atoms with van der Waals surface area (Å²) in [6.07, 6.45) is 1.80. The van der Waals surface area contributed by atoms with Gasteiger partial charge in [-0.15, -0.1) is 0 Å². The molecule has 0 amide bonds. The van der Waals surface area contributed by atoms with Gasteiger partial charge in [-0.2, -0.15) is 0 Å². The molecule has 0 radical (unpaired) electrons. The largest absolute Gasteiger partial charge is 0.462 e. The van der Waals surface area contributed by atoms with Gasteiger partial charge in [0.15, 0.2) is 0 Å². The van der Waals surface area contributed by atoms with Crippen molar-refractivity contribution >= 4 is 5.97 Å². The van der Waals surface area contributed by atoms with Crippen LogP contribution in [0.4, 0.5) is 0 Å². The monoisotopic (exact) mass is 213 g/mol. The average Bonchev–Trinajstić information content (AvgIpc) is 2.09. The topological polar surface area (TPSA) is 52.3 Å². The summed E-state index contributed by atoms with van der Waals surface area (Å²) in [5.74, 6) is 0.0510. The van der Waals surface area contributed by atoms with Gasteiger partial charge in [0.2, 0.25) is 0 Å². The van der Waals surface area contributed by atoms with Crippen LogP contribution in [0.15, 0.2) is 12.2 Å². The normalized spacial score (nSPS) is 13.4. The SMILES string of the molecule is C=C(C)C(=O)OCCC(CC)C(C)(C)N. The lowest BCUT2D eigenvalue weighted by Gasteiger charge is -2.29. The van der Waals surface area contributed by atoms with E-state index in [2.05, 4.69) is 13.5 Å². The minimum Gasteiger partial charge on any atom is -0.462 e. The molecule has 0 heterocycles. The summed E-state index contributed by atoms with van der Waals surface area (Å²) < 4.78 is 5.04. The Balaban J connectivity index is 3.94. The summed E-state index contributed by atoms with van der Waals surface area (Å²) in [6.45, 7) is 11.7. The molecule has 0 aromatic carbocycles. The summed E-state index contributed by atoms with van der Waals surface area (Å²) in [7, 11) is 0. The first-order valence-corrected chi connectivity index (χ1v) is 5.40. The molecule has 0 aliphatic heterocycles. The number of nitrogens with two attached hydrogens (primary N) is 1. The van der Waals surface area contributed by atoms with Crippen LogP contribution in [-0.2, 0) is 9.53 Å². The van der Waals surface area contributed by atoms with E-state index in [9.17, 15) is 4.79 Å². The molecule has 0 aliphatic carbocycles. The summed E-state index contributed by atoms with van der Waals surface area (Å²) in [5.41, 5.74) is 6.23. The lowest BCUT2D eigenvalue weighted by molar-refractivity contribution is -0.139. The first-order valence-electron chi connectivity index (χ1n) is 5.40. The highest BCUT2D eigenvalue weighted by molar-refractivity contribution is 5.86. The van der Waals surface area contributed by atoms with Crippen molar-refractivity contribution in [2.45, 2.75) is 46.1 Å². The molecule has 0 saturated carbocycles. The van der Waals surface area contributed by atoms with Gasteiger partial charge in [0.05, 0.1) is 6.61 Å². The fraction of sp³-hybridized carbons (Fsp3) is 0.750. The Morgan fingerprint density at radius 3 is 2.40 bits per heavy atom. The second-order valence-electron chi connectivity index (χ2n) is 4.63. The number of ether oxygens (including phenoxy) is 1. The van der Waals surface area contributed by atoms with Gasteiger partial charge < -0.3 is 10.5 Å². The van der Waals surface area contributed by atoms with E-state index in [1.807, 2.05) is 13.8 Å². The lowest BCUT2D eigenvalue weighted by Crippen LogP contribution is -2.41. The van der Waals surface area contributed by atoms with E-state index in [-0.39, 0.29) is 11.5 Å². The summed E-state index contributed by atoms with van der Waals surface area (Å²) in [6, 6.07) is 0. The molecule has 0 aromatic rings. The lowest BCUT2D eigenvalue weighted by atomic mass is 9.84. The fourth-order valence-electron chi connectivity index (χ4n) is 1.52. The minimum atomic E-state index is -0.320. The van der Waals surface area contributed by atoms with E-state index in [1.54, 1.807) is 6.92 Å². The van der Waals surface area contributed by atoms with E-state index < -0.39 is 0 Å². The van der Waals surface area contributed by atoms with Gasteiger partial charge >= 0.3 is 5.97 Å². The quantitative estimate of drug-likeness (QED) is 0.544. The fourth-order valence-corrected chi connectivity index (χ4v) is 1.52. The molecule has 0 rings (SSSR count). The highest BCUT2D eigenvalue weighted by atomic mass is 16.5. The van der Waals surface area contributed by atoms with Crippen molar-refractivity contribution in [2.24, 2.45) is 11.7 Å².